The van der Waals surface area contributed by atoms with E-state index in [1.54, 1.807) is 22.0 Å². The van der Waals surface area contributed by atoms with Crippen molar-refractivity contribution in [1.29, 1.82) is 0 Å². The lowest BCUT2D eigenvalue weighted by Gasteiger charge is -2.35. The fraction of sp³-hybridized carbons (Fsp3) is 0.364. The number of hydrogen-bond donors (Lipinski definition) is 1. The number of piperazine rings is 1. The fourth-order valence-corrected chi connectivity index (χ4v) is 3.61. The van der Waals surface area contributed by atoms with E-state index in [4.69, 9.17) is 4.99 Å². The highest BCUT2D eigenvalue weighted by Crippen LogP contribution is 2.16. The number of nitrogens with one attached hydrogen (secondary N) is 1. The van der Waals surface area contributed by atoms with E-state index in [2.05, 4.69) is 39.7 Å². The quantitative estimate of drug-likeness (QED) is 0.290. The number of aliphatic imine (C=N–C) groups is 1. The van der Waals surface area contributed by atoms with Crippen molar-refractivity contribution in [3.05, 3.63) is 66.5 Å². The van der Waals surface area contributed by atoms with Crippen LogP contribution in [0.2, 0.25) is 0 Å². The van der Waals surface area contributed by atoms with Gasteiger partial charge in [0.25, 0.3) is 0 Å². The van der Waals surface area contributed by atoms with Gasteiger partial charge in [-0.15, -0.1) is 24.0 Å². The van der Waals surface area contributed by atoms with Crippen molar-refractivity contribution >= 4 is 41.5 Å². The molecular weight excluding hydrogens is 519 g/mol. The molecule has 3 heterocycles. The average molecular weight is 548 g/mol. The maximum atomic E-state index is 12.7. The van der Waals surface area contributed by atoms with Crippen molar-refractivity contribution in [3.63, 3.8) is 0 Å². The maximum absolute atomic E-state index is 12.7. The predicted molar refractivity (Wildman–Crippen MR) is 135 cm³/mol. The molecule has 0 bridgehead atoms. The van der Waals surface area contributed by atoms with E-state index < -0.39 is 0 Å². The largest absolute Gasteiger partial charge is 0.356 e. The molecule has 1 saturated heterocycles. The van der Waals surface area contributed by atoms with Gasteiger partial charge in [-0.25, -0.2) is 9.98 Å². The highest BCUT2D eigenvalue weighted by atomic mass is 127. The van der Waals surface area contributed by atoms with Gasteiger partial charge >= 0.3 is 0 Å². The molecule has 1 fully saturated rings. The van der Waals surface area contributed by atoms with Crippen molar-refractivity contribution in [2.45, 2.75) is 20.0 Å². The Morgan fingerprint density at radius 2 is 1.97 bits per heavy atom. The summed E-state index contributed by atoms with van der Waals surface area (Å²) in [6.45, 7) is 5.77. The Balaban J connectivity index is 0.00000289. The summed E-state index contributed by atoms with van der Waals surface area (Å²) in [6, 6.07) is 8.44. The second-order valence-corrected chi connectivity index (χ2v) is 7.56. The van der Waals surface area contributed by atoms with E-state index >= 15 is 0 Å². The molecule has 1 amide bonds. The highest BCUT2D eigenvalue weighted by molar-refractivity contribution is 14.0. The number of nitrogens with zero attached hydrogens (tertiary/aromatic N) is 7. The van der Waals surface area contributed by atoms with Gasteiger partial charge in [0.15, 0.2) is 5.96 Å². The van der Waals surface area contributed by atoms with Gasteiger partial charge in [0.2, 0.25) is 5.91 Å². The number of anilines is 1. The molecule has 0 unspecified atom stereocenters. The summed E-state index contributed by atoms with van der Waals surface area (Å²) in [5.74, 6) is 0.817. The van der Waals surface area contributed by atoms with E-state index in [0.29, 0.717) is 19.6 Å². The number of amides is 1. The normalized spacial score (nSPS) is 14.4. The van der Waals surface area contributed by atoms with Gasteiger partial charge in [-0.1, -0.05) is 24.3 Å². The van der Waals surface area contributed by atoms with Crippen molar-refractivity contribution < 1.29 is 4.79 Å². The van der Waals surface area contributed by atoms with Gasteiger partial charge in [0, 0.05) is 51.8 Å². The Morgan fingerprint density at radius 3 is 2.59 bits per heavy atom. The van der Waals surface area contributed by atoms with Gasteiger partial charge in [-0.05, 0) is 18.1 Å². The van der Waals surface area contributed by atoms with Crippen LogP contribution in [0.1, 0.15) is 18.1 Å². The third-order valence-corrected chi connectivity index (χ3v) is 5.22. The Morgan fingerprint density at radius 1 is 1.19 bits per heavy atom. The monoisotopic (exact) mass is 548 g/mol. The fourth-order valence-electron chi connectivity index (χ4n) is 3.61. The molecule has 1 aliphatic heterocycles. The van der Waals surface area contributed by atoms with Crippen LogP contribution < -0.4 is 10.2 Å². The molecule has 170 valence electrons. The number of guanidine groups is 1. The molecule has 1 N–H and O–H groups in total. The van der Waals surface area contributed by atoms with Crippen LogP contribution in [-0.2, 0) is 24.9 Å². The van der Waals surface area contributed by atoms with E-state index in [9.17, 15) is 4.79 Å². The Labute approximate surface area is 205 Å². The summed E-state index contributed by atoms with van der Waals surface area (Å²) in [4.78, 5) is 25.4. The lowest BCUT2D eigenvalue weighted by atomic mass is 10.1. The number of hydrogen-bond acceptors (Lipinski definition) is 4. The molecule has 0 spiro atoms. The summed E-state index contributed by atoms with van der Waals surface area (Å²) in [5.41, 5.74) is 3.18. The van der Waals surface area contributed by atoms with Gasteiger partial charge in [0.1, 0.15) is 6.54 Å². The van der Waals surface area contributed by atoms with E-state index in [1.165, 1.54) is 5.56 Å². The standard InChI is InChI=1S/C22H28N8O.HI/c1-3-24-22(29-10-11-30(21(31)16-29)20-13-26-27(2)15-20)25-12-18-4-6-19(7-5-18)14-28-9-8-23-17-28;/h4-9,13,15,17H,3,10-12,14,16H2,1-2H3,(H,24,25);1H. The van der Waals surface area contributed by atoms with Gasteiger partial charge in [-0.2, -0.15) is 5.10 Å². The minimum absolute atomic E-state index is 0. The van der Waals surface area contributed by atoms with E-state index in [0.717, 1.165) is 36.8 Å². The third kappa shape index (κ3) is 5.87. The molecule has 9 nitrogen and oxygen atoms in total. The lowest BCUT2D eigenvalue weighted by Crippen LogP contribution is -2.55. The minimum Gasteiger partial charge on any atom is -0.356 e. The number of aromatic nitrogens is 4. The first kappa shape index (κ1) is 23.8. The average Bonchev–Trinajstić information content (AvgIpc) is 3.44. The molecule has 3 aromatic rings. The zero-order valence-electron chi connectivity index (χ0n) is 18.4. The zero-order valence-corrected chi connectivity index (χ0v) is 20.7. The number of rotatable bonds is 6. The summed E-state index contributed by atoms with van der Waals surface area (Å²) in [6.07, 6.45) is 9.14. The Bertz CT molecular complexity index is 1030. The van der Waals surface area contributed by atoms with Crippen LogP contribution in [0.5, 0.6) is 0 Å². The second-order valence-electron chi connectivity index (χ2n) is 7.56. The topological polar surface area (TPSA) is 83.6 Å². The molecule has 0 saturated carbocycles. The van der Waals surface area contributed by atoms with Crippen LogP contribution in [0.4, 0.5) is 5.69 Å². The first-order valence-corrected chi connectivity index (χ1v) is 10.5. The van der Waals surface area contributed by atoms with Crippen LogP contribution in [0.3, 0.4) is 0 Å². The minimum atomic E-state index is 0. The second kappa shape index (κ2) is 11.1. The molecule has 4 rings (SSSR count). The van der Waals surface area contributed by atoms with Crippen LogP contribution in [0.15, 0.2) is 60.4 Å². The molecule has 0 aliphatic carbocycles. The predicted octanol–water partition coefficient (Wildman–Crippen LogP) is 2.10. The summed E-state index contributed by atoms with van der Waals surface area (Å²) in [5, 5.41) is 7.49. The smallest absolute Gasteiger partial charge is 0.246 e. The van der Waals surface area contributed by atoms with E-state index in [1.807, 2.05) is 42.2 Å². The van der Waals surface area contributed by atoms with Crippen molar-refractivity contribution in [3.8, 4) is 0 Å². The summed E-state index contributed by atoms with van der Waals surface area (Å²) in [7, 11) is 1.85. The van der Waals surface area contributed by atoms with Crippen molar-refractivity contribution in [1.82, 2.24) is 29.5 Å². The molecular formula is C22H29IN8O. The van der Waals surface area contributed by atoms with Gasteiger partial charge in [-0.3, -0.25) is 9.48 Å². The molecule has 1 aromatic carbocycles. The zero-order chi connectivity index (χ0) is 21.6. The number of aryl methyl sites for hydroxylation is 1. The summed E-state index contributed by atoms with van der Waals surface area (Å²) >= 11 is 0. The lowest BCUT2D eigenvalue weighted by molar-refractivity contribution is -0.120. The summed E-state index contributed by atoms with van der Waals surface area (Å²) < 4.78 is 3.75. The van der Waals surface area contributed by atoms with Gasteiger partial charge in [0.05, 0.1) is 24.8 Å². The number of imidazole rings is 1. The Hall–Kier alpha value is -2.89. The van der Waals surface area contributed by atoms with Crippen LogP contribution >= 0.6 is 24.0 Å². The van der Waals surface area contributed by atoms with Crippen LogP contribution in [0.25, 0.3) is 0 Å². The molecule has 0 radical (unpaired) electrons. The molecule has 1 aliphatic rings. The van der Waals surface area contributed by atoms with Crippen molar-refractivity contribution in [2.24, 2.45) is 12.0 Å². The van der Waals surface area contributed by atoms with Gasteiger partial charge < -0.3 is 19.7 Å². The SMILES string of the molecule is CCNC(=NCc1ccc(Cn2ccnc2)cc1)N1CCN(c2cnn(C)c2)C(=O)C1.I. The van der Waals surface area contributed by atoms with E-state index in [-0.39, 0.29) is 29.9 Å². The number of benzene rings is 1. The third-order valence-electron chi connectivity index (χ3n) is 5.22. The maximum Gasteiger partial charge on any atom is 0.246 e. The number of carbonyl (C=O) groups is 1. The molecule has 0 atom stereocenters. The Kier molecular flexibility index (Phi) is 8.26. The van der Waals surface area contributed by atoms with Crippen LogP contribution in [0, 0.1) is 0 Å². The van der Waals surface area contributed by atoms with Crippen LogP contribution in [-0.4, -0.2) is 62.3 Å². The first-order chi connectivity index (χ1) is 15.1. The van der Waals surface area contributed by atoms with Crippen molar-refractivity contribution in [2.75, 3.05) is 31.1 Å². The molecule has 2 aromatic heterocycles. The highest BCUT2D eigenvalue weighted by Gasteiger charge is 2.27. The molecule has 32 heavy (non-hydrogen) atoms. The molecule has 10 heteroatoms. The first-order valence-electron chi connectivity index (χ1n) is 10.5. The number of halogens is 1. The number of carbonyl (C=O) groups excluding carboxylic acids is 1.